The highest BCUT2D eigenvalue weighted by molar-refractivity contribution is 6.45. The van der Waals surface area contributed by atoms with E-state index in [4.69, 9.17) is 9.97 Å². The van der Waals surface area contributed by atoms with Crippen molar-refractivity contribution in [1.82, 2.24) is 19.1 Å². The minimum absolute atomic E-state index is 0.691. The molecule has 296 valence electrons. The van der Waals surface area contributed by atoms with Gasteiger partial charge in [0, 0.05) is 54.0 Å². The standard InChI is InChI=1S/C60H36N4/c1-2-17-37(18-3-1)38-33-35-40(36-34-38)59-61-49-29-13-10-26-46(49)60(62-59)64-52-31-15-12-28-48(52)55-56-53(43-23-7-9-25-45(43)58(55)64)42-22-6-8-24-44(42)57-54(56)47-27-11-14-30-51(47)63(57)50-32-16-20-39-19-4-5-21-41(39)50/h1-36H. The van der Waals surface area contributed by atoms with Crippen molar-refractivity contribution >= 4 is 97.6 Å². The van der Waals surface area contributed by atoms with Gasteiger partial charge < -0.3 is 4.57 Å². The van der Waals surface area contributed by atoms with E-state index < -0.39 is 0 Å². The van der Waals surface area contributed by atoms with E-state index in [0.29, 0.717) is 5.82 Å². The van der Waals surface area contributed by atoms with Crippen LogP contribution in [0, 0.1) is 0 Å². The Hall–Kier alpha value is -8.60. The van der Waals surface area contributed by atoms with Crippen molar-refractivity contribution in [2.75, 3.05) is 0 Å². The summed E-state index contributed by atoms with van der Waals surface area (Å²) in [6, 6.07) is 79.0. The minimum Gasteiger partial charge on any atom is -0.308 e. The highest BCUT2D eigenvalue weighted by atomic mass is 15.1. The molecular formula is C60H36N4. The molecule has 3 aromatic heterocycles. The number of rotatable bonds is 4. The molecule has 11 aromatic carbocycles. The Morgan fingerprint density at radius 1 is 0.281 bits per heavy atom. The fraction of sp³-hybridized carbons (Fsp3) is 0. The van der Waals surface area contributed by atoms with Crippen LogP contribution in [0.15, 0.2) is 218 Å². The molecule has 14 aromatic rings. The number of para-hydroxylation sites is 3. The van der Waals surface area contributed by atoms with Gasteiger partial charge >= 0.3 is 0 Å². The van der Waals surface area contributed by atoms with Crippen LogP contribution in [0.3, 0.4) is 0 Å². The highest BCUT2D eigenvalue weighted by Crippen LogP contribution is 2.51. The van der Waals surface area contributed by atoms with E-state index in [9.17, 15) is 0 Å². The Morgan fingerprint density at radius 2 is 0.766 bits per heavy atom. The van der Waals surface area contributed by atoms with Crippen molar-refractivity contribution in [3.05, 3.63) is 218 Å². The molecule has 0 atom stereocenters. The van der Waals surface area contributed by atoms with Crippen LogP contribution in [0.4, 0.5) is 0 Å². The van der Waals surface area contributed by atoms with E-state index in [2.05, 4.69) is 228 Å². The molecule has 0 amide bonds. The third-order valence-electron chi connectivity index (χ3n) is 13.5. The molecular weight excluding hydrogens is 777 g/mol. The van der Waals surface area contributed by atoms with Crippen LogP contribution in [0.1, 0.15) is 0 Å². The third kappa shape index (κ3) is 4.88. The summed E-state index contributed by atoms with van der Waals surface area (Å²) in [6.07, 6.45) is 0. The lowest BCUT2D eigenvalue weighted by atomic mass is 9.89. The molecule has 4 heteroatoms. The van der Waals surface area contributed by atoms with Gasteiger partial charge in [-0.15, -0.1) is 0 Å². The van der Waals surface area contributed by atoms with Gasteiger partial charge in [-0.2, -0.15) is 0 Å². The average Bonchev–Trinajstić information content (AvgIpc) is 3.90. The first kappa shape index (κ1) is 35.0. The minimum atomic E-state index is 0.691. The molecule has 0 aliphatic carbocycles. The number of nitrogens with zero attached hydrogens (tertiary/aromatic N) is 4. The molecule has 0 N–H and O–H groups in total. The van der Waals surface area contributed by atoms with E-state index in [0.717, 1.165) is 38.9 Å². The molecule has 0 spiro atoms. The van der Waals surface area contributed by atoms with E-state index in [1.165, 1.54) is 86.9 Å². The Morgan fingerprint density at radius 3 is 1.45 bits per heavy atom. The van der Waals surface area contributed by atoms with Crippen molar-refractivity contribution < 1.29 is 0 Å². The van der Waals surface area contributed by atoms with Crippen LogP contribution in [0.5, 0.6) is 0 Å². The molecule has 64 heavy (non-hydrogen) atoms. The Bertz CT molecular complexity index is 4230. The SMILES string of the molecule is c1ccc(-c2ccc(-c3nc(-n4c5ccccc5c5c6c(c7ccccc7c7c6c6ccccc6n7-c6cccc7ccccc67)c6ccccc6c54)c4ccccc4n3)cc2)cc1. The maximum Gasteiger partial charge on any atom is 0.162 e. The van der Waals surface area contributed by atoms with Gasteiger partial charge in [-0.1, -0.05) is 188 Å². The molecule has 0 saturated carbocycles. The van der Waals surface area contributed by atoms with E-state index in [1.807, 2.05) is 0 Å². The summed E-state index contributed by atoms with van der Waals surface area (Å²) in [5.74, 6) is 1.55. The van der Waals surface area contributed by atoms with Crippen LogP contribution < -0.4 is 0 Å². The number of hydrogen-bond acceptors (Lipinski definition) is 2. The lowest BCUT2D eigenvalue weighted by Crippen LogP contribution is -2.03. The van der Waals surface area contributed by atoms with Gasteiger partial charge in [-0.3, -0.25) is 4.57 Å². The molecule has 0 unspecified atom stereocenters. The lowest BCUT2D eigenvalue weighted by molar-refractivity contribution is 1.08. The first-order chi connectivity index (χ1) is 31.8. The maximum atomic E-state index is 5.59. The fourth-order valence-electron chi connectivity index (χ4n) is 10.8. The monoisotopic (exact) mass is 812 g/mol. The molecule has 3 heterocycles. The van der Waals surface area contributed by atoms with Gasteiger partial charge in [0.15, 0.2) is 5.82 Å². The zero-order chi connectivity index (χ0) is 41.9. The molecule has 0 aliphatic heterocycles. The molecule has 0 saturated heterocycles. The number of fused-ring (bicyclic) bond motifs is 17. The summed E-state index contributed by atoms with van der Waals surface area (Å²) in [5, 5.41) is 15.7. The van der Waals surface area contributed by atoms with Crippen molar-refractivity contribution in [2.45, 2.75) is 0 Å². The second-order valence-electron chi connectivity index (χ2n) is 16.8. The smallest absolute Gasteiger partial charge is 0.162 e. The summed E-state index contributed by atoms with van der Waals surface area (Å²) in [5.41, 5.74) is 10.0. The fourth-order valence-corrected chi connectivity index (χ4v) is 10.8. The third-order valence-corrected chi connectivity index (χ3v) is 13.5. The molecule has 0 aliphatic rings. The molecule has 0 fully saturated rings. The summed E-state index contributed by atoms with van der Waals surface area (Å²) in [7, 11) is 0. The largest absolute Gasteiger partial charge is 0.308 e. The van der Waals surface area contributed by atoms with Crippen LogP contribution in [0.25, 0.3) is 132 Å². The van der Waals surface area contributed by atoms with Crippen molar-refractivity contribution in [3.8, 4) is 34.0 Å². The van der Waals surface area contributed by atoms with Crippen molar-refractivity contribution in [3.63, 3.8) is 0 Å². The summed E-state index contributed by atoms with van der Waals surface area (Å²) < 4.78 is 4.96. The first-order valence-electron chi connectivity index (χ1n) is 21.9. The van der Waals surface area contributed by atoms with Gasteiger partial charge in [0.2, 0.25) is 0 Å². The summed E-state index contributed by atoms with van der Waals surface area (Å²) in [4.78, 5) is 10.8. The normalized spacial score (nSPS) is 12.1. The zero-order valence-electron chi connectivity index (χ0n) is 34.6. The second-order valence-corrected chi connectivity index (χ2v) is 16.8. The quantitative estimate of drug-likeness (QED) is 0.166. The second kappa shape index (κ2) is 13.4. The molecule has 0 bridgehead atoms. The molecule has 0 radical (unpaired) electrons. The van der Waals surface area contributed by atoms with Gasteiger partial charge in [0.25, 0.3) is 0 Å². The molecule has 14 rings (SSSR count). The Labute approximate surface area is 367 Å². The van der Waals surface area contributed by atoms with E-state index in [-0.39, 0.29) is 0 Å². The van der Waals surface area contributed by atoms with Gasteiger partial charge in [0.1, 0.15) is 5.82 Å². The zero-order valence-corrected chi connectivity index (χ0v) is 34.6. The average molecular weight is 813 g/mol. The lowest BCUT2D eigenvalue weighted by Gasteiger charge is -2.17. The summed E-state index contributed by atoms with van der Waals surface area (Å²) >= 11 is 0. The topological polar surface area (TPSA) is 35.6 Å². The highest BCUT2D eigenvalue weighted by Gasteiger charge is 2.27. The van der Waals surface area contributed by atoms with Crippen LogP contribution in [0.2, 0.25) is 0 Å². The van der Waals surface area contributed by atoms with Crippen molar-refractivity contribution in [1.29, 1.82) is 0 Å². The number of benzene rings is 11. The number of hydrogen-bond donors (Lipinski definition) is 0. The number of aromatic nitrogens is 4. The van der Waals surface area contributed by atoms with Crippen LogP contribution in [-0.2, 0) is 0 Å². The molecule has 4 nitrogen and oxygen atoms in total. The predicted molar refractivity (Wildman–Crippen MR) is 269 cm³/mol. The van der Waals surface area contributed by atoms with Crippen LogP contribution >= 0.6 is 0 Å². The van der Waals surface area contributed by atoms with Crippen molar-refractivity contribution in [2.24, 2.45) is 0 Å². The van der Waals surface area contributed by atoms with Gasteiger partial charge in [0.05, 0.1) is 33.3 Å². The Kier molecular flexibility index (Phi) is 7.36. The Balaban J connectivity index is 1.18. The maximum absolute atomic E-state index is 5.59. The van der Waals surface area contributed by atoms with E-state index >= 15 is 0 Å². The van der Waals surface area contributed by atoms with Crippen LogP contribution in [-0.4, -0.2) is 19.1 Å². The summed E-state index contributed by atoms with van der Waals surface area (Å²) in [6.45, 7) is 0. The van der Waals surface area contributed by atoms with Gasteiger partial charge in [-0.05, 0) is 63.0 Å². The van der Waals surface area contributed by atoms with Gasteiger partial charge in [-0.25, -0.2) is 9.97 Å². The predicted octanol–water partition coefficient (Wildman–Crippen LogP) is 15.8. The van der Waals surface area contributed by atoms with E-state index in [1.54, 1.807) is 0 Å². The first-order valence-corrected chi connectivity index (χ1v) is 21.9.